The smallest absolute Gasteiger partial charge is 0.269 e. The third-order valence-corrected chi connectivity index (χ3v) is 4.21. The Morgan fingerprint density at radius 3 is 2.47 bits per heavy atom. The summed E-state index contributed by atoms with van der Waals surface area (Å²) in [5, 5.41) is 20.3. The highest BCUT2D eigenvalue weighted by molar-refractivity contribution is 6.32. The van der Waals surface area contributed by atoms with Gasteiger partial charge in [-0.25, -0.2) is 0 Å². The molecule has 0 atom stereocenters. The zero-order valence-electron chi connectivity index (χ0n) is 16.7. The molecule has 0 unspecified atom stereocenters. The monoisotopic (exact) mass is 429 g/mol. The number of hydrogen-bond acceptors (Lipinski definition) is 6. The van der Waals surface area contributed by atoms with Gasteiger partial charge in [-0.15, -0.1) is 0 Å². The van der Waals surface area contributed by atoms with Crippen molar-refractivity contribution in [2.24, 2.45) is 0 Å². The lowest BCUT2D eigenvalue weighted by atomic mass is 10.1. The van der Waals surface area contributed by atoms with E-state index in [1.54, 1.807) is 45.3 Å². The molecule has 0 N–H and O–H groups in total. The standard InChI is InChI=1S/C21H20ClN3O5/c1-4-29-19-11-15(9-16(12-23)21(26)24(2)3)10-18(22)20(19)30-13-14-5-7-17(8-6-14)25(27)28/h5-11H,4,13H2,1-3H3/b16-9-. The molecule has 2 aromatic carbocycles. The number of amides is 1. The van der Waals surface area contributed by atoms with E-state index in [0.29, 0.717) is 29.2 Å². The predicted molar refractivity (Wildman–Crippen MR) is 112 cm³/mol. The van der Waals surface area contributed by atoms with Crippen LogP contribution in [-0.2, 0) is 11.4 Å². The van der Waals surface area contributed by atoms with Crippen molar-refractivity contribution in [3.05, 3.63) is 68.2 Å². The quantitative estimate of drug-likeness (QED) is 0.269. The van der Waals surface area contributed by atoms with Crippen LogP contribution in [0.1, 0.15) is 18.1 Å². The van der Waals surface area contributed by atoms with Crippen molar-refractivity contribution in [1.82, 2.24) is 4.90 Å². The van der Waals surface area contributed by atoms with Crippen LogP contribution < -0.4 is 9.47 Å². The highest BCUT2D eigenvalue weighted by atomic mass is 35.5. The van der Waals surface area contributed by atoms with Crippen LogP contribution in [0.5, 0.6) is 11.5 Å². The van der Waals surface area contributed by atoms with Gasteiger partial charge in [-0.1, -0.05) is 11.6 Å². The summed E-state index contributed by atoms with van der Waals surface area (Å²) in [4.78, 5) is 23.7. The number of hydrogen-bond donors (Lipinski definition) is 0. The van der Waals surface area contributed by atoms with E-state index in [0.717, 1.165) is 0 Å². The molecule has 30 heavy (non-hydrogen) atoms. The molecule has 0 bridgehead atoms. The Balaban J connectivity index is 2.31. The molecule has 0 aliphatic rings. The molecule has 2 rings (SSSR count). The lowest BCUT2D eigenvalue weighted by Crippen LogP contribution is -2.22. The fourth-order valence-corrected chi connectivity index (χ4v) is 2.77. The number of non-ortho nitro benzene ring substituents is 1. The largest absolute Gasteiger partial charge is 0.490 e. The van der Waals surface area contributed by atoms with Gasteiger partial charge < -0.3 is 14.4 Å². The maximum Gasteiger partial charge on any atom is 0.269 e. The molecule has 0 saturated heterocycles. The van der Waals surface area contributed by atoms with Crippen LogP contribution in [0, 0.1) is 21.4 Å². The van der Waals surface area contributed by atoms with Gasteiger partial charge in [0.15, 0.2) is 11.5 Å². The number of likely N-dealkylation sites (N-methyl/N-ethyl adjacent to an activating group) is 1. The Morgan fingerprint density at radius 2 is 1.93 bits per heavy atom. The van der Waals surface area contributed by atoms with Crippen LogP contribution >= 0.6 is 11.6 Å². The first-order chi connectivity index (χ1) is 14.3. The number of ether oxygens (including phenoxy) is 2. The Kier molecular flexibility index (Phi) is 7.78. The highest BCUT2D eigenvalue weighted by Crippen LogP contribution is 2.38. The second-order valence-corrected chi connectivity index (χ2v) is 6.75. The molecule has 2 aromatic rings. The van der Waals surface area contributed by atoms with Gasteiger partial charge in [0.25, 0.3) is 11.6 Å². The van der Waals surface area contributed by atoms with Crippen LogP contribution in [0.3, 0.4) is 0 Å². The zero-order chi connectivity index (χ0) is 22.3. The Morgan fingerprint density at radius 1 is 1.27 bits per heavy atom. The maximum atomic E-state index is 12.1. The summed E-state index contributed by atoms with van der Waals surface area (Å²) >= 11 is 6.37. The van der Waals surface area contributed by atoms with Gasteiger partial charge in [-0.05, 0) is 48.4 Å². The minimum atomic E-state index is -0.475. The van der Waals surface area contributed by atoms with Crippen molar-refractivity contribution in [3.63, 3.8) is 0 Å². The van der Waals surface area contributed by atoms with Crippen molar-refractivity contribution < 1.29 is 19.2 Å². The number of halogens is 1. The van der Waals surface area contributed by atoms with Crippen LogP contribution in [-0.4, -0.2) is 36.4 Å². The van der Waals surface area contributed by atoms with Crippen molar-refractivity contribution in [2.75, 3.05) is 20.7 Å². The molecule has 0 radical (unpaired) electrons. The molecular formula is C21H20ClN3O5. The van der Waals surface area contributed by atoms with Crippen molar-refractivity contribution in [1.29, 1.82) is 5.26 Å². The number of nitriles is 1. The van der Waals surface area contributed by atoms with E-state index in [1.807, 2.05) is 6.07 Å². The number of rotatable bonds is 8. The fraction of sp³-hybridized carbons (Fsp3) is 0.238. The summed E-state index contributed by atoms with van der Waals surface area (Å²) in [6, 6.07) is 11.0. The molecule has 9 heteroatoms. The summed E-state index contributed by atoms with van der Waals surface area (Å²) in [5.41, 5.74) is 1.17. The third kappa shape index (κ3) is 5.72. The minimum absolute atomic E-state index is 0.0107. The molecule has 0 aliphatic heterocycles. The van der Waals surface area contributed by atoms with Gasteiger partial charge >= 0.3 is 0 Å². The van der Waals surface area contributed by atoms with Crippen LogP contribution in [0.4, 0.5) is 5.69 Å². The minimum Gasteiger partial charge on any atom is -0.490 e. The SMILES string of the molecule is CCOc1cc(/C=C(/C#N)C(=O)N(C)C)cc(Cl)c1OCc1ccc([N+](=O)[O-])cc1. The van der Waals surface area contributed by atoms with E-state index in [4.69, 9.17) is 21.1 Å². The van der Waals surface area contributed by atoms with E-state index < -0.39 is 10.8 Å². The van der Waals surface area contributed by atoms with E-state index in [-0.39, 0.29) is 22.9 Å². The van der Waals surface area contributed by atoms with Gasteiger partial charge in [0.05, 0.1) is 16.6 Å². The van der Waals surface area contributed by atoms with Gasteiger partial charge in [-0.3, -0.25) is 14.9 Å². The molecule has 156 valence electrons. The predicted octanol–water partition coefficient (Wildman–Crippen LogP) is 4.22. The molecular weight excluding hydrogens is 410 g/mol. The van der Waals surface area contributed by atoms with E-state index in [2.05, 4.69) is 0 Å². The topological polar surface area (TPSA) is 106 Å². The van der Waals surface area contributed by atoms with Crippen LogP contribution in [0.15, 0.2) is 42.0 Å². The Bertz CT molecular complexity index is 1010. The van der Waals surface area contributed by atoms with Gasteiger partial charge in [0, 0.05) is 26.2 Å². The normalized spacial score (nSPS) is 10.8. The second kappa shape index (κ2) is 10.3. The summed E-state index contributed by atoms with van der Waals surface area (Å²) in [5.74, 6) is 0.226. The lowest BCUT2D eigenvalue weighted by molar-refractivity contribution is -0.384. The zero-order valence-corrected chi connectivity index (χ0v) is 17.5. The summed E-state index contributed by atoms with van der Waals surface area (Å²) in [7, 11) is 3.11. The van der Waals surface area contributed by atoms with Crippen LogP contribution in [0.25, 0.3) is 6.08 Å². The lowest BCUT2D eigenvalue weighted by Gasteiger charge is -2.15. The van der Waals surface area contributed by atoms with E-state index in [1.165, 1.54) is 23.1 Å². The molecule has 8 nitrogen and oxygen atoms in total. The molecule has 0 aliphatic carbocycles. The molecule has 1 amide bonds. The van der Waals surface area contributed by atoms with Gasteiger partial charge in [-0.2, -0.15) is 5.26 Å². The van der Waals surface area contributed by atoms with Gasteiger partial charge in [0.1, 0.15) is 18.2 Å². The molecule has 0 aromatic heterocycles. The first-order valence-corrected chi connectivity index (χ1v) is 9.30. The van der Waals surface area contributed by atoms with Crippen LogP contribution in [0.2, 0.25) is 5.02 Å². The molecule has 0 saturated carbocycles. The van der Waals surface area contributed by atoms with Crippen molar-refractivity contribution >= 4 is 29.3 Å². The van der Waals surface area contributed by atoms with E-state index in [9.17, 15) is 20.2 Å². The number of nitrogens with zero attached hydrogens (tertiary/aromatic N) is 3. The van der Waals surface area contributed by atoms with E-state index >= 15 is 0 Å². The first kappa shape index (κ1) is 22.7. The average Bonchev–Trinajstić information content (AvgIpc) is 2.71. The average molecular weight is 430 g/mol. The number of nitro groups is 1. The maximum absolute atomic E-state index is 12.1. The fourth-order valence-electron chi connectivity index (χ4n) is 2.49. The number of benzene rings is 2. The molecule has 0 spiro atoms. The highest BCUT2D eigenvalue weighted by Gasteiger charge is 2.16. The number of nitro benzene ring substituents is 1. The number of carbonyl (C=O) groups is 1. The molecule has 0 heterocycles. The van der Waals surface area contributed by atoms with Crippen molar-refractivity contribution in [2.45, 2.75) is 13.5 Å². The third-order valence-electron chi connectivity index (χ3n) is 3.93. The second-order valence-electron chi connectivity index (χ2n) is 6.34. The Labute approximate surface area is 179 Å². The van der Waals surface area contributed by atoms with Crippen molar-refractivity contribution in [3.8, 4) is 17.6 Å². The first-order valence-electron chi connectivity index (χ1n) is 8.92. The van der Waals surface area contributed by atoms with Gasteiger partial charge in [0.2, 0.25) is 0 Å². The molecule has 0 fully saturated rings. The Hall–Kier alpha value is -3.57. The summed E-state index contributed by atoms with van der Waals surface area (Å²) < 4.78 is 11.4. The summed E-state index contributed by atoms with van der Waals surface area (Å²) in [6.45, 7) is 2.27. The number of carbonyl (C=O) groups excluding carboxylic acids is 1. The summed E-state index contributed by atoms with van der Waals surface area (Å²) in [6.07, 6.45) is 1.43.